The molecule has 2 aromatic rings. The van der Waals surface area contributed by atoms with E-state index in [1.165, 1.54) is 0 Å². The number of halogens is 1. The van der Waals surface area contributed by atoms with Crippen LogP contribution in [-0.4, -0.2) is 45.2 Å². The van der Waals surface area contributed by atoms with Crippen LogP contribution in [0.4, 0.5) is 0 Å². The van der Waals surface area contributed by atoms with E-state index in [9.17, 15) is 4.79 Å². The molecule has 0 radical (unpaired) electrons. The first-order valence-corrected chi connectivity index (χ1v) is 8.83. The number of hydrogen-bond donors (Lipinski definition) is 1. The first-order chi connectivity index (χ1) is 12.5. The maximum absolute atomic E-state index is 12.1. The number of para-hydroxylation sites is 1. The van der Waals surface area contributed by atoms with Crippen molar-refractivity contribution in [2.45, 2.75) is 12.5 Å². The summed E-state index contributed by atoms with van der Waals surface area (Å²) < 4.78 is 10.8. The number of methoxy groups -OCH3 is 1. The van der Waals surface area contributed by atoms with Crippen molar-refractivity contribution in [2.75, 3.05) is 34.4 Å². The van der Waals surface area contributed by atoms with Crippen molar-refractivity contribution >= 4 is 17.5 Å². The lowest BCUT2D eigenvalue weighted by molar-refractivity contribution is -0.121. The monoisotopic (exact) mass is 376 g/mol. The van der Waals surface area contributed by atoms with Crippen molar-refractivity contribution in [2.24, 2.45) is 0 Å². The fourth-order valence-electron chi connectivity index (χ4n) is 2.56. The molecule has 0 saturated carbocycles. The average molecular weight is 377 g/mol. The number of benzene rings is 2. The topological polar surface area (TPSA) is 50.8 Å². The summed E-state index contributed by atoms with van der Waals surface area (Å²) in [5.41, 5.74) is 1.09. The number of carbonyl (C=O) groups excluding carboxylic acids is 1. The van der Waals surface area contributed by atoms with Crippen molar-refractivity contribution in [3.05, 3.63) is 59.1 Å². The van der Waals surface area contributed by atoms with Crippen LogP contribution in [0.3, 0.4) is 0 Å². The Bertz CT molecular complexity index is 722. The molecular formula is C20H25ClN2O3. The van der Waals surface area contributed by atoms with Crippen LogP contribution in [0.15, 0.2) is 48.5 Å². The predicted octanol–water partition coefficient (Wildman–Crippen LogP) is 3.54. The molecular weight excluding hydrogens is 352 g/mol. The number of hydrogen-bond acceptors (Lipinski definition) is 4. The van der Waals surface area contributed by atoms with Crippen molar-refractivity contribution in [1.29, 1.82) is 0 Å². The Morgan fingerprint density at radius 2 is 1.96 bits per heavy atom. The molecule has 1 unspecified atom stereocenters. The molecule has 0 aliphatic carbocycles. The minimum atomic E-state index is -0.0631. The number of nitrogens with zero attached hydrogens (tertiary/aromatic N) is 1. The highest BCUT2D eigenvalue weighted by atomic mass is 35.5. The summed E-state index contributed by atoms with van der Waals surface area (Å²) in [5, 5.41) is 3.51. The molecule has 26 heavy (non-hydrogen) atoms. The molecule has 2 rings (SSSR count). The van der Waals surface area contributed by atoms with Gasteiger partial charge in [-0.3, -0.25) is 4.79 Å². The number of ether oxygens (including phenoxy) is 2. The van der Waals surface area contributed by atoms with E-state index in [1.807, 2.05) is 50.5 Å². The third-order valence-corrected chi connectivity index (χ3v) is 4.33. The minimum absolute atomic E-state index is 0.0542. The maximum Gasteiger partial charge on any atom is 0.223 e. The van der Waals surface area contributed by atoms with Gasteiger partial charge in [-0.25, -0.2) is 0 Å². The highest BCUT2D eigenvalue weighted by molar-refractivity contribution is 6.32. The van der Waals surface area contributed by atoms with Gasteiger partial charge in [-0.2, -0.15) is 0 Å². The molecule has 0 aliphatic heterocycles. The molecule has 140 valence electrons. The molecule has 0 bridgehead atoms. The molecule has 1 N–H and O–H groups in total. The maximum atomic E-state index is 12.1. The fourth-order valence-corrected chi connectivity index (χ4v) is 2.75. The van der Waals surface area contributed by atoms with Crippen molar-refractivity contribution < 1.29 is 14.3 Å². The zero-order valence-corrected chi connectivity index (χ0v) is 16.1. The van der Waals surface area contributed by atoms with Crippen LogP contribution >= 0.6 is 11.6 Å². The highest BCUT2D eigenvalue weighted by Crippen LogP contribution is 2.23. The molecule has 1 amide bonds. The van der Waals surface area contributed by atoms with Crippen LogP contribution in [0.25, 0.3) is 0 Å². The van der Waals surface area contributed by atoms with Gasteiger partial charge in [-0.15, -0.1) is 0 Å². The Kier molecular flexibility index (Phi) is 7.75. The van der Waals surface area contributed by atoms with Crippen molar-refractivity contribution in [3.63, 3.8) is 0 Å². The lowest BCUT2D eigenvalue weighted by atomic mass is 10.1. The Morgan fingerprint density at radius 1 is 1.19 bits per heavy atom. The lowest BCUT2D eigenvalue weighted by Gasteiger charge is -2.25. The first-order valence-electron chi connectivity index (χ1n) is 8.45. The summed E-state index contributed by atoms with van der Waals surface area (Å²) in [5.74, 6) is 1.32. The summed E-state index contributed by atoms with van der Waals surface area (Å²) >= 11 is 6.03. The van der Waals surface area contributed by atoms with Crippen LogP contribution in [0, 0.1) is 0 Å². The fraction of sp³-hybridized carbons (Fsp3) is 0.350. The van der Waals surface area contributed by atoms with Crippen LogP contribution in [0.1, 0.15) is 18.0 Å². The van der Waals surface area contributed by atoms with E-state index >= 15 is 0 Å². The SMILES string of the molecule is COc1cccc(C(CNC(=O)CCOc2ccccc2Cl)N(C)C)c1. The van der Waals surface area contributed by atoms with Gasteiger partial charge in [0.15, 0.2) is 0 Å². The van der Waals surface area contributed by atoms with Gasteiger partial charge in [0.25, 0.3) is 0 Å². The van der Waals surface area contributed by atoms with Gasteiger partial charge in [0.1, 0.15) is 11.5 Å². The molecule has 0 saturated heterocycles. The molecule has 0 spiro atoms. The summed E-state index contributed by atoms with van der Waals surface area (Å²) in [4.78, 5) is 14.2. The van der Waals surface area contributed by atoms with Crippen LogP contribution < -0.4 is 14.8 Å². The van der Waals surface area contributed by atoms with E-state index in [1.54, 1.807) is 19.2 Å². The van der Waals surface area contributed by atoms with Gasteiger partial charge in [-0.05, 0) is 43.9 Å². The Hall–Kier alpha value is -2.24. The summed E-state index contributed by atoms with van der Waals surface area (Å²) in [6.45, 7) is 0.784. The number of carbonyl (C=O) groups is 1. The number of rotatable bonds is 9. The smallest absolute Gasteiger partial charge is 0.223 e. The molecule has 5 nitrogen and oxygen atoms in total. The Morgan fingerprint density at radius 3 is 2.65 bits per heavy atom. The summed E-state index contributed by atoms with van der Waals surface area (Å²) in [7, 11) is 5.61. The largest absolute Gasteiger partial charge is 0.497 e. The molecule has 0 aromatic heterocycles. The van der Waals surface area contributed by atoms with E-state index in [0.717, 1.165) is 11.3 Å². The molecule has 1 atom stereocenters. The van der Waals surface area contributed by atoms with Gasteiger partial charge in [-0.1, -0.05) is 35.9 Å². The zero-order chi connectivity index (χ0) is 18.9. The second-order valence-electron chi connectivity index (χ2n) is 6.09. The first kappa shape index (κ1) is 20.1. The minimum Gasteiger partial charge on any atom is -0.497 e. The molecule has 6 heteroatoms. The molecule has 0 heterocycles. The second-order valence-corrected chi connectivity index (χ2v) is 6.50. The van der Waals surface area contributed by atoms with E-state index in [4.69, 9.17) is 21.1 Å². The van der Waals surface area contributed by atoms with Crippen molar-refractivity contribution in [1.82, 2.24) is 10.2 Å². The zero-order valence-electron chi connectivity index (χ0n) is 15.4. The van der Waals surface area contributed by atoms with E-state index < -0.39 is 0 Å². The quantitative estimate of drug-likeness (QED) is 0.727. The van der Waals surface area contributed by atoms with E-state index in [-0.39, 0.29) is 25.0 Å². The number of nitrogens with one attached hydrogen (secondary N) is 1. The van der Waals surface area contributed by atoms with E-state index in [0.29, 0.717) is 17.3 Å². The van der Waals surface area contributed by atoms with Gasteiger partial charge >= 0.3 is 0 Å². The third-order valence-electron chi connectivity index (χ3n) is 4.02. The average Bonchev–Trinajstić information content (AvgIpc) is 2.63. The van der Waals surface area contributed by atoms with Gasteiger partial charge in [0.2, 0.25) is 5.91 Å². The van der Waals surface area contributed by atoms with Gasteiger partial charge < -0.3 is 19.7 Å². The lowest BCUT2D eigenvalue weighted by Crippen LogP contribution is -2.35. The summed E-state index contributed by atoms with van der Waals surface area (Å²) in [6, 6.07) is 15.1. The normalized spacial score (nSPS) is 11.9. The standard InChI is InChI=1S/C20H25ClN2O3/c1-23(2)18(15-7-6-8-16(13-15)25-3)14-22-20(24)11-12-26-19-10-5-4-9-17(19)21/h4-10,13,18H,11-12,14H2,1-3H3,(H,22,24). The van der Waals surface area contributed by atoms with Gasteiger partial charge in [0, 0.05) is 6.54 Å². The number of likely N-dealkylation sites (N-methyl/N-ethyl adjacent to an activating group) is 1. The van der Waals surface area contributed by atoms with Crippen molar-refractivity contribution in [3.8, 4) is 11.5 Å². The molecule has 2 aromatic carbocycles. The predicted molar refractivity (Wildman–Crippen MR) is 104 cm³/mol. The Balaban J connectivity index is 1.84. The molecule has 0 fully saturated rings. The van der Waals surface area contributed by atoms with E-state index in [2.05, 4.69) is 10.2 Å². The third kappa shape index (κ3) is 5.93. The van der Waals surface area contributed by atoms with Crippen LogP contribution in [0.5, 0.6) is 11.5 Å². The Labute approximate surface area is 159 Å². The van der Waals surface area contributed by atoms with Crippen LogP contribution in [-0.2, 0) is 4.79 Å². The second kappa shape index (κ2) is 10.0. The van der Waals surface area contributed by atoms with Gasteiger partial charge in [0.05, 0.1) is 31.2 Å². The highest BCUT2D eigenvalue weighted by Gasteiger charge is 2.16. The van der Waals surface area contributed by atoms with Crippen LogP contribution in [0.2, 0.25) is 5.02 Å². The number of amides is 1. The summed E-state index contributed by atoms with van der Waals surface area (Å²) in [6.07, 6.45) is 0.267. The molecule has 0 aliphatic rings.